The third-order valence-corrected chi connectivity index (χ3v) is 4.24. The van der Waals surface area contributed by atoms with E-state index in [0.717, 1.165) is 26.2 Å². The van der Waals surface area contributed by atoms with E-state index in [9.17, 15) is 0 Å². The molecule has 1 aliphatic rings. The van der Waals surface area contributed by atoms with Gasteiger partial charge in [0.1, 0.15) is 5.15 Å². The monoisotopic (exact) mass is 318 g/mol. The standard InChI is InChI=1S/C12H13Cl3N4/c13-8-7-18-12(15)11(14)10(8)9(1-2-16)19-5-3-17-4-6-19/h7,9,17H,1,3-6H2/t9-/m0/s1. The van der Waals surface area contributed by atoms with Crippen molar-refractivity contribution < 1.29 is 0 Å². The Kier molecular flexibility index (Phi) is 5.26. The molecule has 1 aliphatic heterocycles. The van der Waals surface area contributed by atoms with Gasteiger partial charge in [-0.25, -0.2) is 4.98 Å². The summed E-state index contributed by atoms with van der Waals surface area (Å²) in [6, 6.07) is 2.05. The van der Waals surface area contributed by atoms with Gasteiger partial charge in [-0.05, 0) is 0 Å². The zero-order chi connectivity index (χ0) is 13.8. The second-order valence-corrected chi connectivity index (χ2v) is 5.43. The number of nitrogens with zero attached hydrogens (tertiary/aromatic N) is 3. The lowest BCUT2D eigenvalue weighted by molar-refractivity contribution is 0.175. The highest BCUT2D eigenvalue weighted by molar-refractivity contribution is 6.43. The van der Waals surface area contributed by atoms with Crippen LogP contribution in [-0.4, -0.2) is 36.1 Å². The summed E-state index contributed by atoms with van der Waals surface area (Å²) in [5.41, 5.74) is 0.701. The van der Waals surface area contributed by atoms with Gasteiger partial charge in [0, 0.05) is 37.9 Å². The molecule has 2 rings (SSSR count). The Bertz CT molecular complexity index is 494. The minimum Gasteiger partial charge on any atom is -0.314 e. The van der Waals surface area contributed by atoms with Crippen LogP contribution in [0.15, 0.2) is 6.20 Å². The molecule has 0 aliphatic carbocycles. The maximum absolute atomic E-state index is 9.05. The summed E-state index contributed by atoms with van der Waals surface area (Å²) in [6.07, 6.45) is 1.80. The van der Waals surface area contributed by atoms with Gasteiger partial charge in [0.25, 0.3) is 0 Å². The van der Waals surface area contributed by atoms with Crippen LogP contribution in [0.3, 0.4) is 0 Å². The van der Waals surface area contributed by atoms with Crippen LogP contribution >= 0.6 is 34.8 Å². The van der Waals surface area contributed by atoms with E-state index in [0.29, 0.717) is 22.0 Å². The largest absolute Gasteiger partial charge is 0.314 e. The summed E-state index contributed by atoms with van der Waals surface area (Å²) >= 11 is 18.4. The molecule has 1 N–H and O–H groups in total. The molecule has 1 fully saturated rings. The lowest BCUT2D eigenvalue weighted by atomic mass is 10.0. The first-order valence-electron chi connectivity index (χ1n) is 5.96. The third kappa shape index (κ3) is 3.31. The van der Waals surface area contributed by atoms with Crippen molar-refractivity contribution in [2.45, 2.75) is 12.5 Å². The van der Waals surface area contributed by atoms with Crippen LogP contribution in [0.25, 0.3) is 0 Å². The van der Waals surface area contributed by atoms with Crippen molar-refractivity contribution in [3.63, 3.8) is 0 Å². The van der Waals surface area contributed by atoms with Crippen molar-refractivity contribution in [2.24, 2.45) is 0 Å². The van der Waals surface area contributed by atoms with E-state index >= 15 is 0 Å². The van der Waals surface area contributed by atoms with Crippen LogP contribution in [0.1, 0.15) is 18.0 Å². The molecule has 102 valence electrons. The second-order valence-electron chi connectivity index (χ2n) is 4.29. The second kappa shape index (κ2) is 6.74. The first-order valence-corrected chi connectivity index (χ1v) is 7.09. The minimum absolute atomic E-state index is 0.146. The van der Waals surface area contributed by atoms with Crippen LogP contribution in [0.5, 0.6) is 0 Å². The Hall–Kier alpha value is -0.570. The number of rotatable bonds is 3. The van der Waals surface area contributed by atoms with E-state index in [1.807, 2.05) is 0 Å². The van der Waals surface area contributed by atoms with Gasteiger partial charge in [-0.1, -0.05) is 34.8 Å². The summed E-state index contributed by atoms with van der Waals surface area (Å²) in [5.74, 6) is 0. The van der Waals surface area contributed by atoms with Gasteiger partial charge in [-0.15, -0.1) is 0 Å². The van der Waals surface area contributed by atoms with E-state index in [1.165, 1.54) is 6.20 Å². The molecule has 19 heavy (non-hydrogen) atoms. The van der Waals surface area contributed by atoms with Crippen LogP contribution in [0.4, 0.5) is 0 Å². The maximum Gasteiger partial charge on any atom is 0.148 e. The molecule has 0 saturated carbocycles. The Morgan fingerprint density at radius 2 is 2.05 bits per heavy atom. The predicted molar refractivity (Wildman–Crippen MR) is 76.7 cm³/mol. The quantitative estimate of drug-likeness (QED) is 0.870. The van der Waals surface area contributed by atoms with Crippen LogP contribution in [0, 0.1) is 11.3 Å². The van der Waals surface area contributed by atoms with Gasteiger partial charge in [0.15, 0.2) is 0 Å². The molecule has 0 spiro atoms. The Labute approximate surface area is 127 Å². The van der Waals surface area contributed by atoms with Gasteiger partial charge < -0.3 is 5.32 Å². The molecule has 4 nitrogen and oxygen atoms in total. The molecule has 1 aromatic rings. The number of hydrogen-bond acceptors (Lipinski definition) is 4. The zero-order valence-electron chi connectivity index (χ0n) is 10.2. The Morgan fingerprint density at radius 3 is 2.68 bits per heavy atom. The van der Waals surface area contributed by atoms with Crippen LogP contribution < -0.4 is 5.32 Å². The molecule has 1 saturated heterocycles. The van der Waals surface area contributed by atoms with E-state index < -0.39 is 0 Å². The Balaban J connectivity index is 2.38. The predicted octanol–water partition coefficient (Wildman–Crippen LogP) is 2.90. The van der Waals surface area contributed by atoms with Crippen molar-refractivity contribution in [3.8, 4) is 6.07 Å². The molecule has 7 heteroatoms. The average molecular weight is 320 g/mol. The van der Waals surface area contributed by atoms with Crippen LogP contribution in [-0.2, 0) is 0 Å². The van der Waals surface area contributed by atoms with Crippen molar-refractivity contribution in [1.29, 1.82) is 5.26 Å². The maximum atomic E-state index is 9.05. The lowest BCUT2D eigenvalue weighted by Gasteiger charge is -2.34. The highest BCUT2D eigenvalue weighted by Crippen LogP contribution is 2.38. The lowest BCUT2D eigenvalue weighted by Crippen LogP contribution is -2.45. The van der Waals surface area contributed by atoms with E-state index in [-0.39, 0.29) is 11.2 Å². The highest BCUT2D eigenvalue weighted by Gasteiger charge is 2.27. The van der Waals surface area contributed by atoms with E-state index in [1.54, 1.807) is 0 Å². The van der Waals surface area contributed by atoms with Gasteiger partial charge in [-0.3, -0.25) is 4.90 Å². The molecule has 1 atom stereocenters. The fourth-order valence-electron chi connectivity index (χ4n) is 2.25. The SMILES string of the molecule is N#CC[C@@H](c1c(Cl)cnc(Cl)c1Cl)N1CCNCC1. The summed E-state index contributed by atoms with van der Waals surface area (Å²) in [4.78, 5) is 6.11. The van der Waals surface area contributed by atoms with Crippen molar-refractivity contribution in [1.82, 2.24) is 15.2 Å². The number of aromatic nitrogens is 1. The van der Waals surface area contributed by atoms with Gasteiger partial charge in [0.05, 0.1) is 28.6 Å². The number of hydrogen-bond donors (Lipinski definition) is 1. The fraction of sp³-hybridized carbons (Fsp3) is 0.500. The topological polar surface area (TPSA) is 52.0 Å². The summed E-state index contributed by atoms with van der Waals surface area (Å²) in [6.45, 7) is 3.46. The molecule has 0 aromatic carbocycles. The molecule has 0 amide bonds. The first kappa shape index (κ1) is 14.8. The van der Waals surface area contributed by atoms with Gasteiger partial charge in [0.2, 0.25) is 0 Å². The minimum atomic E-state index is -0.146. The third-order valence-electron chi connectivity index (χ3n) is 3.18. The first-order chi connectivity index (χ1) is 9.15. The smallest absolute Gasteiger partial charge is 0.148 e. The number of halogens is 3. The highest BCUT2D eigenvalue weighted by atomic mass is 35.5. The molecular formula is C12H13Cl3N4. The fourth-order valence-corrected chi connectivity index (χ4v) is 3.00. The van der Waals surface area contributed by atoms with E-state index in [2.05, 4.69) is 21.3 Å². The molecule has 0 unspecified atom stereocenters. The van der Waals surface area contributed by atoms with Crippen molar-refractivity contribution in [2.75, 3.05) is 26.2 Å². The van der Waals surface area contributed by atoms with Gasteiger partial charge >= 0.3 is 0 Å². The van der Waals surface area contributed by atoms with Crippen molar-refractivity contribution >= 4 is 34.8 Å². The van der Waals surface area contributed by atoms with Crippen LogP contribution in [0.2, 0.25) is 15.2 Å². The Morgan fingerprint density at radius 1 is 1.37 bits per heavy atom. The number of nitriles is 1. The number of piperazine rings is 1. The van der Waals surface area contributed by atoms with Gasteiger partial charge in [-0.2, -0.15) is 5.26 Å². The summed E-state index contributed by atoms with van der Waals surface area (Å²) < 4.78 is 0. The number of pyridine rings is 1. The zero-order valence-corrected chi connectivity index (χ0v) is 12.4. The number of nitrogens with one attached hydrogen (secondary N) is 1. The average Bonchev–Trinajstić information content (AvgIpc) is 2.43. The summed E-state index contributed by atoms with van der Waals surface area (Å²) in [7, 11) is 0. The molecule has 1 aromatic heterocycles. The summed E-state index contributed by atoms with van der Waals surface area (Å²) in [5, 5.41) is 13.3. The van der Waals surface area contributed by atoms with E-state index in [4.69, 9.17) is 40.1 Å². The molecule has 0 radical (unpaired) electrons. The normalized spacial score (nSPS) is 18.0. The molecule has 0 bridgehead atoms. The molecular weight excluding hydrogens is 307 g/mol. The van der Waals surface area contributed by atoms with Crippen molar-refractivity contribution in [3.05, 3.63) is 27.0 Å². The molecule has 2 heterocycles.